The maximum atomic E-state index is 12.4. The third-order valence-electron chi connectivity index (χ3n) is 3.42. The number of rotatable bonds is 3. The Morgan fingerprint density at radius 1 is 1.48 bits per heavy atom. The maximum absolute atomic E-state index is 12.4. The number of para-hydroxylation sites is 2. The van der Waals surface area contributed by atoms with E-state index in [1.54, 1.807) is 11.1 Å². The Labute approximate surface area is 122 Å². The van der Waals surface area contributed by atoms with Crippen molar-refractivity contribution in [1.29, 1.82) is 0 Å². The van der Waals surface area contributed by atoms with Crippen molar-refractivity contribution in [1.82, 2.24) is 10.1 Å². The van der Waals surface area contributed by atoms with Crippen molar-refractivity contribution in [2.24, 2.45) is 0 Å². The van der Waals surface area contributed by atoms with E-state index in [0.717, 1.165) is 11.3 Å². The van der Waals surface area contributed by atoms with E-state index >= 15 is 0 Å². The van der Waals surface area contributed by atoms with Crippen molar-refractivity contribution in [3.05, 3.63) is 41.8 Å². The van der Waals surface area contributed by atoms with Crippen molar-refractivity contribution in [2.75, 3.05) is 18.5 Å². The fourth-order valence-electron chi connectivity index (χ4n) is 2.36. The van der Waals surface area contributed by atoms with Crippen LogP contribution in [0.5, 0.6) is 5.75 Å². The Morgan fingerprint density at radius 2 is 2.33 bits per heavy atom. The largest absolute Gasteiger partial charge is 0.492 e. The van der Waals surface area contributed by atoms with Gasteiger partial charge in [-0.1, -0.05) is 17.3 Å². The van der Waals surface area contributed by atoms with Gasteiger partial charge in [-0.3, -0.25) is 0 Å². The van der Waals surface area contributed by atoms with E-state index < -0.39 is 0 Å². The summed E-state index contributed by atoms with van der Waals surface area (Å²) in [6.45, 7) is 3.60. The van der Waals surface area contributed by atoms with Gasteiger partial charge < -0.3 is 19.5 Å². The Morgan fingerprint density at radius 3 is 3.19 bits per heavy atom. The second-order valence-electron chi connectivity index (χ2n) is 4.81. The minimum absolute atomic E-state index is 0.144. The van der Waals surface area contributed by atoms with Gasteiger partial charge in [0.05, 0.1) is 25.0 Å². The summed E-state index contributed by atoms with van der Waals surface area (Å²) in [5.74, 6) is 1.55. The van der Waals surface area contributed by atoms with Crippen LogP contribution >= 0.6 is 0 Å². The van der Waals surface area contributed by atoms with Crippen molar-refractivity contribution in [3.63, 3.8) is 0 Å². The third kappa shape index (κ3) is 2.84. The van der Waals surface area contributed by atoms with Gasteiger partial charge in [0, 0.05) is 18.5 Å². The highest BCUT2D eigenvalue weighted by Crippen LogP contribution is 2.25. The first-order valence-electron chi connectivity index (χ1n) is 6.98. The molecule has 0 atom stereocenters. The van der Waals surface area contributed by atoms with E-state index in [-0.39, 0.29) is 6.03 Å². The number of anilines is 1. The van der Waals surface area contributed by atoms with E-state index in [2.05, 4.69) is 10.5 Å². The molecule has 21 heavy (non-hydrogen) atoms. The summed E-state index contributed by atoms with van der Waals surface area (Å²) in [5.41, 5.74) is 1.65. The predicted molar refractivity (Wildman–Crippen MR) is 77.2 cm³/mol. The van der Waals surface area contributed by atoms with E-state index in [9.17, 15) is 4.79 Å². The molecule has 0 saturated carbocycles. The maximum Gasteiger partial charge on any atom is 0.322 e. The molecule has 0 bridgehead atoms. The highest BCUT2D eigenvalue weighted by atomic mass is 16.5. The molecule has 3 rings (SSSR count). The van der Waals surface area contributed by atoms with E-state index in [0.29, 0.717) is 37.6 Å². The molecule has 1 aromatic heterocycles. The van der Waals surface area contributed by atoms with Crippen LogP contribution in [-0.2, 0) is 13.0 Å². The van der Waals surface area contributed by atoms with Crippen LogP contribution in [0.3, 0.4) is 0 Å². The number of carbonyl (C=O) groups excluding carboxylic acids is 1. The molecular weight excluding hydrogens is 270 g/mol. The Kier molecular flexibility index (Phi) is 3.77. The minimum Gasteiger partial charge on any atom is -0.492 e. The molecule has 1 aromatic carbocycles. The van der Waals surface area contributed by atoms with E-state index in [1.165, 1.54) is 0 Å². The highest BCUT2D eigenvalue weighted by molar-refractivity contribution is 5.91. The second-order valence-corrected chi connectivity index (χ2v) is 4.81. The lowest BCUT2D eigenvalue weighted by Gasteiger charge is -2.26. The van der Waals surface area contributed by atoms with Gasteiger partial charge in [0.15, 0.2) is 0 Å². The molecule has 1 aliphatic heterocycles. The first-order chi connectivity index (χ1) is 10.3. The Hall–Kier alpha value is -2.50. The van der Waals surface area contributed by atoms with Gasteiger partial charge in [0.25, 0.3) is 0 Å². The number of amides is 2. The summed E-state index contributed by atoms with van der Waals surface area (Å²) < 4.78 is 10.6. The van der Waals surface area contributed by atoms with Gasteiger partial charge in [-0.25, -0.2) is 4.79 Å². The molecule has 1 N–H and O–H groups in total. The Bertz CT molecular complexity index is 639. The molecule has 0 aliphatic carbocycles. The van der Waals surface area contributed by atoms with Crippen LogP contribution in [0.15, 0.2) is 35.0 Å². The summed E-state index contributed by atoms with van der Waals surface area (Å²) in [6, 6.07) is 7.27. The quantitative estimate of drug-likeness (QED) is 0.942. The van der Waals surface area contributed by atoms with E-state index in [4.69, 9.17) is 9.26 Å². The number of urea groups is 1. The van der Waals surface area contributed by atoms with Crippen LogP contribution in [0.2, 0.25) is 0 Å². The van der Waals surface area contributed by atoms with Gasteiger partial charge in [0.2, 0.25) is 0 Å². The molecule has 2 aromatic rings. The zero-order valence-corrected chi connectivity index (χ0v) is 11.8. The zero-order chi connectivity index (χ0) is 14.7. The molecule has 0 spiro atoms. The summed E-state index contributed by atoms with van der Waals surface area (Å²) in [5, 5.41) is 6.67. The standard InChI is InChI=1S/C15H17N3O3/c1-2-20-14-6-4-3-5-12(14)17-15(19)18-8-7-13-11(10-18)9-16-21-13/h3-6,9H,2,7-8,10H2,1H3,(H,17,19). The zero-order valence-electron chi connectivity index (χ0n) is 11.8. The normalized spacial score (nSPS) is 13.7. The number of benzene rings is 1. The summed E-state index contributed by atoms with van der Waals surface area (Å²) in [4.78, 5) is 14.1. The summed E-state index contributed by atoms with van der Waals surface area (Å²) in [6.07, 6.45) is 2.36. The average Bonchev–Trinajstić information content (AvgIpc) is 2.97. The number of hydrogen-bond donors (Lipinski definition) is 1. The van der Waals surface area contributed by atoms with Crippen LogP contribution in [0.25, 0.3) is 0 Å². The van der Waals surface area contributed by atoms with Crippen LogP contribution in [0.1, 0.15) is 18.2 Å². The van der Waals surface area contributed by atoms with Gasteiger partial charge >= 0.3 is 6.03 Å². The molecule has 0 saturated heterocycles. The fourth-order valence-corrected chi connectivity index (χ4v) is 2.36. The molecule has 1 aliphatic rings. The number of carbonyl (C=O) groups is 1. The van der Waals surface area contributed by atoms with Crippen LogP contribution < -0.4 is 10.1 Å². The monoisotopic (exact) mass is 287 g/mol. The van der Waals surface area contributed by atoms with Crippen LogP contribution in [0.4, 0.5) is 10.5 Å². The molecule has 0 radical (unpaired) electrons. The van der Waals surface area contributed by atoms with E-state index in [1.807, 2.05) is 31.2 Å². The Balaban J connectivity index is 1.70. The van der Waals surface area contributed by atoms with Crippen LogP contribution in [-0.4, -0.2) is 29.2 Å². The first kappa shape index (κ1) is 13.5. The summed E-state index contributed by atoms with van der Waals surface area (Å²) >= 11 is 0. The molecule has 2 heterocycles. The van der Waals surface area contributed by atoms with Crippen LogP contribution in [0, 0.1) is 0 Å². The lowest BCUT2D eigenvalue weighted by atomic mass is 10.1. The number of ether oxygens (including phenoxy) is 1. The molecule has 2 amide bonds. The van der Waals surface area contributed by atoms with Gasteiger partial charge in [-0.05, 0) is 19.1 Å². The van der Waals surface area contributed by atoms with Gasteiger partial charge in [-0.15, -0.1) is 0 Å². The number of nitrogens with zero attached hydrogens (tertiary/aromatic N) is 2. The second kappa shape index (κ2) is 5.87. The van der Waals surface area contributed by atoms with Crippen molar-refractivity contribution in [3.8, 4) is 5.75 Å². The van der Waals surface area contributed by atoms with Gasteiger partial charge in [-0.2, -0.15) is 0 Å². The van der Waals surface area contributed by atoms with Crippen molar-refractivity contribution in [2.45, 2.75) is 19.9 Å². The number of aromatic nitrogens is 1. The minimum atomic E-state index is -0.144. The fraction of sp³-hybridized carbons (Fsp3) is 0.333. The summed E-state index contributed by atoms with van der Waals surface area (Å²) in [7, 11) is 0. The molecule has 6 heteroatoms. The lowest BCUT2D eigenvalue weighted by molar-refractivity contribution is 0.202. The predicted octanol–water partition coefficient (Wildman–Crippen LogP) is 2.66. The first-order valence-corrected chi connectivity index (χ1v) is 6.98. The highest BCUT2D eigenvalue weighted by Gasteiger charge is 2.23. The number of fused-ring (bicyclic) bond motifs is 1. The SMILES string of the molecule is CCOc1ccccc1NC(=O)N1CCc2oncc2C1. The topological polar surface area (TPSA) is 67.6 Å². The lowest BCUT2D eigenvalue weighted by Crippen LogP contribution is -2.38. The molecule has 0 unspecified atom stereocenters. The van der Waals surface area contributed by atoms with Crippen molar-refractivity contribution < 1.29 is 14.1 Å². The molecule has 0 fully saturated rings. The number of hydrogen-bond acceptors (Lipinski definition) is 4. The van der Waals surface area contributed by atoms with Gasteiger partial charge in [0.1, 0.15) is 11.5 Å². The smallest absolute Gasteiger partial charge is 0.322 e. The number of nitrogens with one attached hydrogen (secondary N) is 1. The third-order valence-corrected chi connectivity index (χ3v) is 3.42. The molecule has 6 nitrogen and oxygen atoms in total. The molecular formula is C15H17N3O3. The average molecular weight is 287 g/mol. The molecule has 110 valence electrons. The van der Waals surface area contributed by atoms with Crippen molar-refractivity contribution >= 4 is 11.7 Å².